The van der Waals surface area contributed by atoms with Gasteiger partial charge in [-0.25, -0.2) is 4.79 Å². The minimum atomic E-state index is -0.567. The Balaban J connectivity index is 2.23. The van der Waals surface area contributed by atoms with Crippen LogP contribution in [0, 0.1) is 6.92 Å². The highest BCUT2D eigenvalue weighted by Crippen LogP contribution is 2.41. The Kier molecular flexibility index (Phi) is 4.43. The van der Waals surface area contributed by atoms with Crippen LogP contribution in [0.3, 0.4) is 0 Å². The van der Waals surface area contributed by atoms with Crippen molar-refractivity contribution in [1.29, 1.82) is 0 Å². The minimum absolute atomic E-state index is 0.0183. The molecule has 0 radical (unpaired) electrons. The quantitative estimate of drug-likeness (QED) is 0.614. The summed E-state index contributed by atoms with van der Waals surface area (Å²) in [6.07, 6.45) is 0. The lowest BCUT2D eigenvalue weighted by Crippen LogP contribution is -2.04. The highest BCUT2D eigenvalue weighted by atomic mass is 35.5. The van der Waals surface area contributed by atoms with Gasteiger partial charge in [0.05, 0.1) is 12.0 Å². The smallest absolute Gasteiger partial charge is 0.374 e. The molecule has 124 valence electrons. The zero-order chi connectivity index (χ0) is 17.4. The molecule has 0 saturated heterocycles. The van der Waals surface area contributed by atoms with Crippen molar-refractivity contribution in [3.8, 4) is 16.9 Å². The first-order valence-corrected chi connectivity index (χ1v) is 8.07. The highest BCUT2D eigenvalue weighted by molar-refractivity contribution is 6.39. The number of benzene rings is 2. The summed E-state index contributed by atoms with van der Waals surface area (Å²) >= 11 is 12.4. The number of carbonyl (C=O) groups excluding carboxylic acids is 1. The Labute approximate surface area is 148 Å². The molecule has 1 heterocycles. The molecule has 0 aliphatic rings. The number of esters is 1. The average Bonchev–Trinajstić information content (AvgIpc) is 2.85. The Bertz CT molecular complexity index is 924. The predicted octanol–water partition coefficient (Wildman–Crippen LogP) is 5.60. The summed E-state index contributed by atoms with van der Waals surface area (Å²) in [7, 11) is 0. The lowest BCUT2D eigenvalue weighted by Gasteiger charge is -2.08. The van der Waals surface area contributed by atoms with Crippen LogP contribution in [0.1, 0.15) is 23.0 Å². The van der Waals surface area contributed by atoms with E-state index in [4.69, 9.17) is 32.4 Å². The molecule has 0 bridgehead atoms. The van der Waals surface area contributed by atoms with Gasteiger partial charge >= 0.3 is 5.97 Å². The van der Waals surface area contributed by atoms with E-state index < -0.39 is 5.97 Å². The molecule has 0 atom stereocenters. The molecule has 0 aliphatic carbocycles. The van der Waals surface area contributed by atoms with E-state index in [1.54, 1.807) is 44.2 Å². The third-order valence-corrected chi connectivity index (χ3v) is 4.35. The van der Waals surface area contributed by atoms with E-state index >= 15 is 0 Å². The summed E-state index contributed by atoms with van der Waals surface area (Å²) in [5.41, 5.74) is 2.07. The van der Waals surface area contributed by atoms with E-state index in [1.807, 2.05) is 0 Å². The molecular weight excluding hydrogens is 351 g/mol. The number of halogens is 2. The molecule has 2 aromatic carbocycles. The third kappa shape index (κ3) is 2.72. The molecule has 0 aliphatic heterocycles. The number of aryl methyl sites for hydroxylation is 1. The van der Waals surface area contributed by atoms with Gasteiger partial charge in [-0.1, -0.05) is 29.3 Å². The summed E-state index contributed by atoms with van der Waals surface area (Å²) in [5, 5.41) is 11.8. The number of hydrogen-bond acceptors (Lipinski definition) is 4. The van der Waals surface area contributed by atoms with Crippen molar-refractivity contribution >= 4 is 40.1 Å². The number of hydrogen-bond donors (Lipinski definition) is 1. The van der Waals surface area contributed by atoms with E-state index in [0.29, 0.717) is 37.7 Å². The van der Waals surface area contributed by atoms with E-state index in [2.05, 4.69) is 0 Å². The van der Waals surface area contributed by atoms with Gasteiger partial charge in [0.25, 0.3) is 0 Å². The number of carbonyl (C=O) groups is 1. The second-order valence-corrected chi connectivity index (χ2v) is 6.06. The fraction of sp³-hybridized carbons (Fsp3) is 0.167. The van der Waals surface area contributed by atoms with E-state index in [9.17, 15) is 9.90 Å². The van der Waals surface area contributed by atoms with Gasteiger partial charge in [-0.3, -0.25) is 0 Å². The molecule has 6 heteroatoms. The van der Waals surface area contributed by atoms with Crippen LogP contribution in [0.5, 0.6) is 5.75 Å². The molecule has 4 nitrogen and oxygen atoms in total. The molecular formula is C18H14Cl2O4. The molecule has 0 fully saturated rings. The predicted molar refractivity (Wildman–Crippen MR) is 94.0 cm³/mol. The van der Waals surface area contributed by atoms with Crippen molar-refractivity contribution in [3.63, 3.8) is 0 Å². The fourth-order valence-corrected chi connectivity index (χ4v) is 3.28. The molecule has 1 N–H and O–H groups in total. The van der Waals surface area contributed by atoms with Gasteiger partial charge in [-0.15, -0.1) is 0 Å². The van der Waals surface area contributed by atoms with Crippen LogP contribution < -0.4 is 0 Å². The van der Waals surface area contributed by atoms with E-state index in [-0.39, 0.29) is 18.1 Å². The fourth-order valence-electron chi connectivity index (χ4n) is 2.67. The second kappa shape index (κ2) is 6.38. The van der Waals surface area contributed by atoms with E-state index in [0.717, 1.165) is 0 Å². The standard InChI is InChI=1S/C18H14Cl2O4/c1-3-23-18(22)17-9(2)15-13(21)7-10(8-14(15)24-17)16-11(19)5-4-6-12(16)20/h4-8,21H,3H2,1-2H3. The lowest BCUT2D eigenvalue weighted by atomic mass is 10.0. The van der Waals surface area contributed by atoms with Crippen molar-refractivity contribution in [1.82, 2.24) is 0 Å². The van der Waals surface area contributed by atoms with Crippen LogP contribution >= 0.6 is 23.2 Å². The average molecular weight is 365 g/mol. The van der Waals surface area contributed by atoms with Gasteiger partial charge in [0.15, 0.2) is 0 Å². The topological polar surface area (TPSA) is 59.7 Å². The van der Waals surface area contributed by atoms with Crippen LogP contribution in [0.15, 0.2) is 34.7 Å². The van der Waals surface area contributed by atoms with Gasteiger partial charge in [-0.05, 0) is 43.7 Å². The largest absolute Gasteiger partial charge is 0.507 e. The van der Waals surface area contributed by atoms with Gasteiger partial charge in [0, 0.05) is 21.2 Å². The van der Waals surface area contributed by atoms with Crippen molar-refractivity contribution < 1.29 is 19.1 Å². The summed E-state index contributed by atoms with van der Waals surface area (Å²) in [6.45, 7) is 3.65. The van der Waals surface area contributed by atoms with Crippen LogP contribution in [-0.2, 0) is 4.74 Å². The van der Waals surface area contributed by atoms with E-state index in [1.165, 1.54) is 0 Å². The summed E-state index contributed by atoms with van der Waals surface area (Å²) in [4.78, 5) is 12.0. The number of ether oxygens (including phenoxy) is 1. The number of rotatable bonds is 3. The highest BCUT2D eigenvalue weighted by Gasteiger charge is 2.22. The first-order valence-electron chi connectivity index (χ1n) is 7.31. The van der Waals surface area contributed by atoms with Crippen molar-refractivity contribution in [3.05, 3.63) is 51.7 Å². The van der Waals surface area contributed by atoms with Crippen LogP contribution in [0.2, 0.25) is 10.0 Å². The summed E-state index contributed by atoms with van der Waals surface area (Å²) in [6, 6.07) is 8.40. The molecule has 3 rings (SSSR count). The third-order valence-electron chi connectivity index (χ3n) is 3.72. The first kappa shape index (κ1) is 16.7. The number of phenolic OH excluding ortho intramolecular Hbond substituents is 1. The van der Waals surface area contributed by atoms with Crippen LogP contribution in [0.25, 0.3) is 22.1 Å². The van der Waals surface area contributed by atoms with Gasteiger partial charge < -0.3 is 14.3 Å². The maximum Gasteiger partial charge on any atom is 0.374 e. The normalized spacial score (nSPS) is 11.0. The molecule has 24 heavy (non-hydrogen) atoms. The second-order valence-electron chi connectivity index (χ2n) is 5.24. The Morgan fingerprint density at radius 1 is 1.25 bits per heavy atom. The SMILES string of the molecule is CCOC(=O)c1oc2cc(-c3c(Cl)cccc3Cl)cc(O)c2c1C. The molecule has 0 amide bonds. The summed E-state index contributed by atoms with van der Waals surface area (Å²) < 4.78 is 10.6. The van der Waals surface area contributed by atoms with Crippen molar-refractivity contribution in [2.75, 3.05) is 6.61 Å². The Hall–Kier alpha value is -2.17. The molecule has 0 spiro atoms. The molecule has 3 aromatic rings. The van der Waals surface area contributed by atoms with Crippen LogP contribution in [-0.4, -0.2) is 17.7 Å². The Morgan fingerprint density at radius 3 is 2.54 bits per heavy atom. The Morgan fingerprint density at radius 2 is 1.92 bits per heavy atom. The van der Waals surface area contributed by atoms with Crippen molar-refractivity contribution in [2.24, 2.45) is 0 Å². The van der Waals surface area contributed by atoms with Gasteiger partial charge in [-0.2, -0.15) is 0 Å². The maximum absolute atomic E-state index is 12.0. The number of aromatic hydroxyl groups is 1. The van der Waals surface area contributed by atoms with Crippen LogP contribution in [0.4, 0.5) is 0 Å². The number of phenols is 1. The summed E-state index contributed by atoms with van der Waals surface area (Å²) in [5.74, 6) is -0.511. The zero-order valence-electron chi connectivity index (χ0n) is 13.0. The zero-order valence-corrected chi connectivity index (χ0v) is 14.5. The van der Waals surface area contributed by atoms with Gasteiger partial charge in [0.1, 0.15) is 11.3 Å². The minimum Gasteiger partial charge on any atom is -0.507 e. The lowest BCUT2D eigenvalue weighted by molar-refractivity contribution is 0.0491. The van der Waals surface area contributed by atoms with Gasteiger partial charge in [0.2, 0.25) is 5.76 Å². The first-order chi connectivity index (χ1) is 11.4. The molecule has 0 unspecified atom stereocenters. The maximum atomic E-state index is 12.0. The molecule has 1 aromatic heterocycles. The number of fused-ring (bicyclic) bond motifs is 1. The monoisotopic (exact) mass is 364 g/mol. The van der Waals surface area contributed by atoms with Crippen molar-refractivity contribution in [2.45, 2.75) is 13.8 Å². The molecule has 0 saturated carbocycles. The number of furan rings is 1.